The van der Waals surface area contributed by atoms with Gasteiger partial charge in [-0.05, 0) is 61.0 Å². The van der Waals surface area contributed by atoms with Crippen LogP contribution in [0.2, 0.25) is 10.0 Å². The molecule has 0 saturated carbocycles. The summed E-state index contributed by atoms with van der Waals surface area (Å²) in [6, 6.07) is 19.2. The molecule has 29 heavy (non-hydrogen) atoms. The standard InChI is InChI=1S/C22H19Cl2N3O2/c1-14-6-11-20(18(24)12-14)27-21(28)13-25-19-5-3-2-4-17(19)22(29)26-16-9-7-15(23)8-10-16/h2-12,25H,13H2,1H3,(H,26,29)(H,27,28). The third-order valence-electron chi connectivity index (χ3n) is 4.11. The van der Waals surface area contributed by atoms with Gasteiger partial charge >= 0.3 is 0 Å². The molecule has 3 aromatic carbocycles. The molecule has 2 amide bonds. The summed E-state index contributed by atoms with van der Waals surface area (Å²) in [5, 5.41) is 9.63. The monoisotopic (exact) mass is 427 g/mol. The summed E-state index contributed by atoms with van der Waals surface area (Å²) in [4.78, 5) is 24.9. The van der Waals surface area contributed by atoms with Gasteiger partial charge in [-0.3, -0.25) is 9.59 Å². The maximum atomic E-state index is 12.6. The Hall–Kier alpha value is -3.02. The summed E-state index contributed by atoms with van der Waals surface area (Å²) >= 11 is 12.0. The lowest BCUT2D eigenvalue weighted by molar-refractivity contribution is -0.114. The van der Waals surface area contributed by atoms with Crippen molar-refractivity contribution in [1.29, 1.82) is 0 Å². The van der Waals surface area contributed by atoms with Crippen LogP contribution in [0.1, 0.15) is 15.9 Å². The van der Waals surface area contributed by atoms with Gasteiger partial charge in [0, 0.05) is 16.4 Å². The van der Waals surface area contributed by atoms with E-state index >= 15 is 0 Å². The number of amides is 2. The predicted molar refractivity (Wildman–Crippen MR) is 119 cm³/mol. The second-order valence-corrected chi connectivity index (χ2v) is 7.24. The lowest BCUT2D eigenvalue weighted by atomic mass is 10.1. The maximum Gasteiger partial charge on any atom is 0.257 e. The predicted octanol–water partition coefficient (Wildman–Crippen LogP) is 5.60. The van der Waals surface area contributed by atoms with Gasteiger partial charge in [0.15, 0.2) is 0 Å². The van der Waals surface area contributed by atoms with Crippen LogP contribution in [0, 0.1) is 6.92 Å². The van der Waals surface area contributed by atoms with Crippen molar-refractivity contribution in [2.45, 2.75) is 6.92 Å². The molecular formula is C22H19Cl2N3O2. The molecule has 5 nitrogen and oxygen atoms in total. The number of anilines is 3. The maximum absolute atomic E-state index is 12.6. The molecule has 0 aliphatic carbocycles. The third kappa shape index (κ3) is 5.73. The zero-order valence-corrected chi connectivity index (χ0v) is 17.1. The van der Waals surface area contributed by atoms with E-state index in [4.69, 9.17) is 23.2 Å². The molecule has 0 heterocycles. The lowest BCUT2D eigenvalue weighted by Gasteiger charge is -2.13. The second-order valence-electron chi connectivity index (χ2n) is 6.39. The fraction of sp³-hybridized carbons (Fsp3) is 0.0909. The van der Waals surface area contributed by atoms with E-state index in [9.17, 15) is 9.59 Å². The van der Waals surface area contributed by atoms with Crippen LogP contribution in [0.4, 0.5) is 17.1 Å². The molecule has 0 bridgehead atoms. The van der Waals surface area contributed by atoms with Crippen molar-refractivity contribution in [3.05, 3.63) is 87.9 Å². The fourth-order valence-electron chi connectivity index (χ4n) is 2.66. The number of hydrogen-bond acceptors (Lipinski definition) is 3. The Labute approximate surface area is 179 Å². The smallest absolute Gasteiger partial charge is 0.257 e. The molecule has 0 fully saturated rings. The molecule has 0 spiro atoms. The molecule has 0 aromatic heterocycles. The van der Waals surface area contributed by atoms with Gasteiger partial charge in [-0.15, -0.1) is 0 Å². The van der Waals surface area contributed by atoms with E-state index in [0.717, 1.165) is 5.56 Å². The van der Waals surface area contributed by atoms with Crippen LogP contribution < -0.4 is 16.0 Å². The highest BCUT2D eigenvalue weighted by Crippen LogP contribution is 2.23. The molecule has 0 unspecified atom stereocenters. The molecule has 0 atom stereocenters. The molecule has 3 N–H and O–H groups in total. The first-order valence-corrected chi connectivity index (χ1v) is 9.64. The molecule has 148 valence electrons. The van der Waals surface area contributed by atoms with E-state index in [1.807, 2.05) is 13.0 Å². The number of hydrogen-bond donors (Lipinski definition) is 3. The van der Waals surface area contributed by atoms with Gasteiger partial charge in [-0.25, -0.2) is 0 Å². The van der Waals surface area contributed by atoms with Crippen molar-refractivity contribution in [2.24, 2.45) is 0 Å². The summed E-state index contributed by atoms with van der Waals surface area (Å²) in [7, 11) is 0. The lowest BCUT2D eigenvalue weighted by Crippen LogP contribution is -2.23. The highest BCUT2D eigenvalue weighted by Gasteiger charge is 2.13. The number of aryl methyl sites for hydroxylation is 1. The van der Waals surface area contributed by atoms with Gasteiger partial charge in [-0.1, -0.05) is 41.4 Å². The quantitative estimate of drug-likeness (QED) is 0.478. The van der Waals surface area contributed by atoms with Crippen LogP contribution in [0.15, 0.2) is 66.7 Å². The molecule has 7 heteroatoms. The molecule has 0 aliphatic rings. The number of carbonyl (C=O) groups excluding carboxylic acids is 2. The largest absolute Gasteiger partial charge is 0.376 e. The van der Waals surface area contributed by atoms with Gasteiger partial charge in [0.25, 0.3) is 5.91 Å². The molecule has 0 radical (unpaired) electrons. The third-order valence-corrected chi connectivity index (χ3v) is 4.68. The Morgan fingerprint density at radius 1 is 0.862 bits per heavy atom. The van der Waals surface area contributed by atoms with E-state index in [-0.39, 0.29) is 18.4 Å². The zero-order chi connectivity index (χ0) is 20.8. The summed E-state index contributed by atoms with van der Waals surface area (Å²) in [5.41, 5.74) is 3.14. The van der Waals surface area contributed by atoms with Crippen LogP contribution in [-0.2, 0) is 4.79 Å². The molecule has 0 aliphatic heterocycles. The molecule has 3 aromatic rings. The normalized spacial score (nSPS) is 10.3. The summed E-state index contributed by atoms with van der Waals surface area (Å²) in [6.07, 6.45) is 0. The first kappa shape index (κ1) is 20.7. The van der Waals surface area contributed by atoms with Crippen LogP contribution >= 0.6 is 23.2 Å². The number of carbonyl (C=O) groups is 2. The SMILES string of the molecule is Cc1ccc(NC(=O)CNc2ccccc2C(=O)Nc2ccc(Cl)cc2)c(Cl)c1. The average molecular weight is 428 g/mol. The minimum Gasteiger partial charge on any atom is -0.376 e. The van der Waals surface area contributed by atoms with Crippen molar-refractivity contribution in [3.8, 4) is 0 Å². The second kappa shape index (κ2) is 9.45. The average Bonchev–Trinajstić information content (AvgIpc) is 2.70. The summed E-state index contributed by atoms with van der Waals surface area (Å²) < 4.78 is 0. The van der Waals surface area contributed by atoms with Gasteiger partial charge in [0.05, 0.1) is 22.8 Å². The highest BCUT2D eigenvalue weighted by molar-refractivity contribution is 6.33. The zero-order valence-electron chi connectivity index (χ0n) is 15.6. The summed E-state index contributed by atoms with van der Waals surface area (Å²) in [6.45, 7) is 1.90. The first-order valence-electron chi connectivity index (χ1n) is 8.88. The van der Waals surface area contributed by atoms with E-state index in [2.05, 4.69) is 16.0 Å². The molecular weight excluding hydrogens is 409 g/mol. The fourth-order valence-corrected chi connectivity index (χ4v) is 3.07. The van der Waals surface area contributed by atoms with Crippen LogP contribution in [0.25, 0.3) is 0 Å². The van der Waals surface area contributed by atoms with E-state index in [1.165, 1.54) is 0 Å². The van der Waals surface area contributed by atoms with E-state index in [1.54, 1.807) is 60.7 Å². The van der Waals surface area contributed by atoms with Crippen LogP contribution in [0.3, 0.4) is 0 Å². The van der Waals surface area contributed by atoms with Crippen LogP contribution in [0.5, 0.6) is 0 Å². The number of rotatable bonds is 6. The van der Waals surface area contributed by atoms with Crippen molar-refractivity contribution in [1.82, 2.24) is 0 Å². The van der Waals surface area contributed by atoms with Crippen molar-refractivity contribution < 1.29 is 9.59 Å². The number of halogens is 2. The Kier molecular flexibility index (Phi) is 6.75. The molecule has 3 rings (SSSR count). The minimum atomic E-state index is -0.294. The number of nitrogens with one attached hydrogen (secondary N) is 3. The van der Waals surface area contributed by atoms with E-state index < -0.39 is 0 Å². The van der Waals surface area contributed by atoms with Crippen molar-refractivity contribution in [3.63, 3.8) is 0 Å². The van der Waals surface area contributed by atoms with Crippen LogP contribution in [-0.4, -0.2) is 18.4 Å². The molecule has 0 saturated heterocycles. The topological polar surface area (TPSA) is 70.2 Å². The summed E-state index contributed by atoms with van der Waals surface area (Å²) in [5.74, 6) is -0.568. The first-order chi connectivity index (χ1) is 13.9. The Morgan fingerprint density at radius 2 is 1.59 bits per heavy atom. The van der Waals surface area contributed by atoms with Gasteiger partial charge in [-0.2, -0.15) is 0 Å². The minimum absolute atomic E-state index is 0.0184. The van der Waals surface area contributed by atoms with Crippen molar-refractivity contribution >= 4 is 52.1 Å². The van der Waals surface area contributed by atoms with Gasteiger partial charge < -0.3 is 16.0 Å². The Balaban J connectivity index is 1.64. The number of benzene rings is 3. The number of para-hydroxylation sites is 1. The van der Waals surface area contributed by atoms with Gasteiger partial charge in [0.2, 0.25) is 5.91 Å². The van der Waals surface area contributed by atoms with Gasteiger partial charge in [0.1, 0.15) is 0 Å². The Morgan fingerprint density at radius 3 is 2.31 bits per heavy atom. The van der Waals surface area contributed by atoms with E-state index in [0.29, 0.717) is 32.7 Å². The Bertz CT molecular complexity index is 1040. The van der Waals surface area contributed by atoms with Crippen molar-refractivity contribution in [2.75, 3.05) is 22.5 Å². The highest BCUT2D eigenvalue weighted by atomic mass is 35.5.